The molecule has 8 nitrogen and oxygen atoms in total. The first-order valence-electron chi connectivity index (χ1n) is 12.9. The number of hydrogen-bond donors (Lipinski definition) is 1. The Morgan fingerprint density at radius 2 is 1.51 bits per heavy atom. The summed E-state index contributed by atoms with van der Waals surface area (Å²) in [6, 6.07) is 21.3. The van der Waals surface area contributed by atoms with Crippen LogP contribution in [0.5, 0.6) is 5.75 Å². The van der Waals surface area contributed by atoms with Gasteiger partial charge in [-0.3, -0.25) is 13.9 Å². The average Bonchev–Trinajstić information content (AvgIpc) is 2.93. The Morgan fingerprint density at radius 3 is 2.08 bits per heavy atom. The molecule has 9 heteroatoms. The minimum atomic E-state index is -4.08. The summed E-state index contributed by atoms with van der Waals surface area (Å²) in [6.07, 6.45) is 0. The Labute approximate surface area is 231 Å². The SMILES string of the molecule is COc1ccc(CN(C(=O)CN(c2ccccc2)S(=O)(=O)c2ccc(C)cc2)[C@H](C)C(=O)NCC(C)C)cc1. The number of ether oxygens (including phenoxy) is 1. The maximum absolute atomic E-state index is 13.9. The van der Waals surface area contributed by atoms with E-state index in [0.717, 1.165) is 15.4 Å². The minimum Gasteiger partial charge on any atom is -0.497 e. The monoisotopic (exact) mass is 551 g/mol. The van der Waals surface area contributed by atoms with E-state index in [-0.39, 0.29) is 23.3 Å². The molecule has 3 rings (SSSR count). The standard InChI is InChI=1S/C30H37N3O5S/c1-22(2)19-31-30(35)24(4)32(20-25-13-15-27(38-5)16-14-25)29(34)21-33(26-9-7-6-8-10-26)39(36,37)28-17-11-23(3)12-18-28/h6-18,22,24H,19-21H2,1-5H3,(H,31,35)/t24-/m1/s1. The summed E-state index contributed by atoms with van der Waals surface area (Å²) in [6.45, 7) is 7.60. The molecule has 0 aliphatic carbocycles. The quantitative estimate of drug-likeness (QED) is 0.360. The van der Waals surface area contributed by atoms with Crippen molar-refractivity contribution < 1.29 is 22.7 Å². The number of nitrogens with one attached hydrogen (secondary N) is 1. The summed E-state index contributed by atoms with van der Waals surface area (Å²) in [4.78, 5) is 28.4. The lowest BCUT2D eigenvalue weighted by molar-refractivity contribution is -0.139. The zero-order chi connectivity index (χ0) is 28.6. The zero-order valence-corrected chi connectivity index (χ0v) is 23.9. The lowest BCUT2D eigenvalue weighted by Crippen LogP contribution is -2.51. The molecule has 0 saturated heterocycles. The zero-order valence-electron chi connectivity index (χ0n) is 23.1. The van der Waals surface area contributed by atoms with E-state index in [1.54, 1.807) is 68.6 Å². The van der Waals surface area contributed by atoms with Crippen molar-refractivity contribution in [1.82, 2.24) is 10.2 Å². The second-order valence-electron chi connectivity index (χ2n) is 9.84. The summed E-state index contributed by atoms with van der Waals surface area (Å²) in [5.74, 6) is 0.0923. The van der Waals surface area contributed by atoms with Crippen molar-refractivity contribution in [2.24, 2.45) is 5.92 Å². The molecule has 0 spiro atoms. The van der Waals surface area contributed by atoms with Crippen LogP contribution in [0.4, 0.5) is 5.69 Å². The molecule has 0 aliphatic rings. The molecule has 3 aromatic carbocycles. The van der Waals surface area contributed by atoms with Gasteiger partial charge in [-0.25, -0.2) is 8.42 Å². The van der Waals surface area contributed by atoms with Gasteiger partial charge >= 0.3 is 0 Å². The molecule has 0 fully saturated rings. The summed E-state index contributed by atoms with van der Waals surface area (Å²) >= 11 is 0. The number of benzene rings is 3. The number of hydrogen-bond acceptors (Lipinski definition) is 5. The van der Waals surface area contributed by atoms with Crippen LogP contribution >= 0.6 is 0 Å². The van der Waals surface area contributed by atoms with Gasteiger partial charge in [-0.1, -0.05) is 61.9 Å². The second-order valence-corrected chi connectivity index (χ2v) is 11.7. The predicted molar refractivity (Wildman–Crippen MR) is 153 cm³/mol. The van der Waals surface area contributed by atoms with Crippen molar-refractivity contribution in [1.29, 1.82) is 0 Å². The summed E-state index contributed by atoms with van der Waals surface area (Å²) in [5.41, 5.74) is 2.05. The van der Waals surface area contributed by atoms with Crippen LogP contribution in [0.1, 0.15) is 31.9 Å². The topological polar surface area (TPSA) is 96.0 Å². The Bertz CT molecular complexity index is 1340. The Balaban J connectivity index is 1.97. The summed E-state index contributed by atoms with van der Waals surface area (Å²) in [5, 5.41) is 2.88. The fourth-order valence-corrected chi connectivity index (χ4v) is 5.34. The van der Waals surface area contributed by atoms with Crippen LogP contribution in [0.15, 0.2) is 83.8 Å². The molecule has 39 heavy (non-hydrogen) atoms. The maximum Gasteiger partial charge on any atom is 0.264 e. The molecule has 1 N–H and O–H groups in total. The molecular weight excluding hydrogens is 514 g/mol. The van der Waals surface area contributed by atoms with Crippen molar-refractivity contribution in [3.8, 4) is 5.75 Å². The van der Waals surface area contributed by atoms with E-state index in [1.165, 1.54) is 17.0 Å². The molecule has 0 radical (unpaired) electrons. The number of sulfonamides is 1. The van der Waals surface area contributed by atoms with Gasteiger partial charge in [-0.05, 0) is 61.7 Å². The Hall–Kier alpha value is -3.85. The van der Waals surface area contributed by atoms with Crippen molar-refractivity contribution in [2.45, 2.75) is 45.2 Å². The highest BCUT2D eigenvalue weighted by atomic mass is 32.2. The van der Waals surface area contributed by atoms with E-state index >= 15 is 0 Å². The highest BCUT2D eigenvalue weighted by molar-refractivity contribution is 7.92. The molecule has 0 bridgehead atoms. The third-order valence-corrected chi connectivity index (χ3v) is 8.08. The van der Waals surface area contributed by atoms with E-state index in [1.807, 2.05) is 32.9 Å². The maximum atomic E-state index is 13.9. The van der Waals surface area contributed by atoms with E-state index in [4.69, 9.17) is 4.74 Å². The van der Waals surface area contributed by atoms with Gasteiger partial charge in [0.1, 0.15) is 18.3 Å². The molecule has 1 atom stereocenters. The van der Waals surface area contributed by atoms with Crippen molar-refractivity contribution >= 4 is 27.5 Å². The van der Waals surface area contributed by atoms with Gasteiger partial charge in [0.15, 0.2) is 0 Å². The van der Waals surface area contributed by atoms with Crippen molar-refractivity contribution in [3.63, 3.8) is 0 Å². The Kier molecular flexibility index (Phi) is 10.1. The fraction of sp³-hybridized carbons (Fsp3) is 0.333. The molecule has 2 amide bonds. The van der Waals surface area contributed by atoms with Gasteiger partial charge in [-0.15, -0.1) is 0 Å². The van der Waals surface area contributed by atoms with Crippen LogP contribution in [0.3, 0.4) is 0 Å². The third-order valence-electron chi connectivity index (χ3n) is 6.30. The van der Waals surface area contributed by atoms with Crippen molar-refractivity contribution in [3.05, 3.63) is 90.0 Å². The molecule has 208 valence electrons. The van der Waals surface area contributed by atoms with E-state index in [2.05, 4.69) is 5.32 Å². The molecule has 0 saturated carbocycles. The van der Waals surface area contributed by atoms with Gasteiger partial charge in [0, 0.05) is 13.1 Å². The molecule has 0 aliphatic heterocycles. The number of aryl methyl sites for hydroxylation is 1. The minimum absolute atomic E-state index is 0.0779. The molecule has 3 aromatic rings. The Morgan fingerprint density at radius 1 is 0.897 bits per heavy atom. The number of carbonyl (C=O) groups excluding carboxylic acids is 2. The second kappa shape index (κ2) is 13.3. The predicted octanol–water partition coefficient (Wildman–Crippen LogP) is 4.39. The number of para-hydroxylation sites is 1. The van der Waals surface area contributed by atoms with E-state index in [9.17, 15) is 18.0 Å². The van der Waals surface area contributed by atoms with Crippen molar-refractivity contribution in [2.75, 3.05) is 24.5 Å². The van der Waals surface area contributed by atoms with Gasteiger partial charge < -0.3 is 15.0 Å². The normalized spacial score (nSPS) is 12.1. The first-order valence-corrected chi connectivity index (χ1v) is 14.3. The third kappa shape index (κ3) is 7.83. The smallest absolute Gasteiger partial charge is 0.264 e. The first-order chi connectivity index (χ1) is 18.5. The van der Waals surface area contributed by atoms with Gasteiger partial charge in [0.25, 0.3) is 10.0 Å². The van der Waals surface area contributed by atoms with Crippen LogP contribution in [0, 0.1) is 12.8 Å². The molecule has 0 aromatic heterocycles. The number of nitrogens with zero attached hydrogens (tertiary/aromatic N) is 2. The molecular formula is C30H37N3O5S. The lowest BCUT2D eigenvalue weighted by atomic mass is 10.1. The van der Waals surface area contributed by atoms with E-state index < -0.39 is 28.5 Å². The van der Waals surface area contributed by atoms with Crippen LogP contribution < -0.4 is 14.4 Å². The van der Waals surface area contributed by atoms with Gasteiger partial charge in [0.2, 0.25) is 11.8 Å². The van der Waals surface area contributed by atoms with Gasteiger partial charge in [0.05, 0.1) is 17.7 Å². The summed E-state index contributed by atoms with van der Waals surface area (Å²) < 4.78 is 33.9. The largest absolute Gasteiger partial charge is 0.497 e. The first kappa shape index (κ1) is 29.7. The molecule has 0 unspecified atom stereocenters. The number of rotatable bonds is 12. The number of carbonyl (C=O) groups is 2. The number of methoxy groups -OCH3 is 1. The highest BCUT2D eigenvalue weighted by Gasteiger charge is 2.32. The van der Waals surface area contributed by atoms with Crippen LogP contribution in [0.2, 0.25) is 0 Å². The summed E-state index contributed by atoms with van der Waals surface area (Å²) in [7, 11) is -2.51. The van der Waals surface area contributed by atoms with Crippen LogP contribution in [-0.4, -0.2) is 51.4 Å². The van der Waals surface area contributed by atoms with Crippen LogP contribution in [0.25, 0.3) is 0 Å². The highest BCUT2D eigenvalue weighted by Crippen LogP contribution is 2.25. The van der Waals surface area contributed by atoms with Gasteiger partial charge in [-0.2, -0.15) is 0 Å². The average molecular weight is 552 g/mol. The number of anilines is 1. The molecule has 0 heterocycles. The fourth-order valence-electron chi connectivity index (χ4n) is 3.92. The number of amides is 2. The van der Waals surface area contributed by atoms with Crippen LogP contribution in [-0.2, 0) is 26.2 Å². The van der Waals surface area contributed by atoms with E-state index in [0.29, 0.717) is 18.0 Å². The lowest BCUT2D eigenvalue weighted by Gasteiger charge is -2.32.